The fourth-order valence-corrected chi connectivity index (χ4v) is 4.82. The van der Waals surface area contributed by atoms with Crippen LogP contribution in [0.3, 0.4) is 0 Å². The first kappa shape index (κ1) is 20.4. The van der Waals surface area contributed by atoms with Crippen molar-refractivity contribution in [2.24, 2.45) is 0 Å². The van der Waals surface area contributed by atoms with Crippen LogP contribution in [0.4, 0.5) is 0 Å². The second kappa shape index (κ2) is 9.72. The highest BCUT2D eigenvalue weighted by Crippen LogP contribution is 2.23. The Balaban J connectivity index is 1.74. The fourth-order valence-electron chi connectivity index (χ4n) is 4.18. The van der Waals surface area contributed by atoms with Gasteiger partial charge in [-0.25, -0.2) is 4.98 Å². The molecule has 4 nitrogen and oxygen atoms in total. The van der Waals surface area contributed by atoms with E-state index in [-0.39, 0.29) is 11.9 Å². The molecule has 1 aliphatic rings. The summed E-state index contributed by atoms with van der Waals surface area (Å²) in [5.41, 5.74) is 3.36. The fraction of sp³-hybridized carbons (Fsp3) is 0.636. The summed E-state index contributed by atoms with van der Waals surface area (Å²) in [4.78, 5) is 17.7. The van der Waals surface area contributed by atoms with Gasteiger partial charge in [-0.2, -0.15) is 0 Å². The minimum absolute atomic E-state index is 0.00888. The molecule has 1 saturated carbocycles. The van der Waals surface area contributed by atoms with E-state index in [9.17, 15) is 4.79 Å². The Morgan fingerprint density at radius 3 is 2.19 bits per heavy atom. The van der Waals surface area contributed by atoms with Gasteiger partial charge in [-0.1, -0.05) is 57.8 Å². The van der Waals surface area contributed by atoms with E-state index in [0.717, 1.165) is 34.2 Å². The minimum Gasteiger partial charge on any atom is -0.348 e. The van der Waals surface area contributed by atoms with Gasteiger partial charge in [-0.3, -0.25) is 9.20 Å². The molecule has 0 atom stereocenters. The second-order valence-electron chi connectivity index (χ2n) is 8.03. The molecule has 148 valence electrons. The smallest absolute Gasteiger partial charge is 0.270 e. The first-order chi connectivity index (χ1) is 13.1. The van der Waals surface area contributed by atoms with E-state index in [1.165, 1.54) is 57.8 Å². The van der Waals surface area contributed by atoms with Gasteiger partial charge in [0.25, 0.3) is 5.91 Å². The quantitative estimate of drug-likeness (QED) is 0.619. The predicted molar refractivity (Wildman–Crippen MR) is 114 cm³/mol. The highest BCUT2D eigenvalue weighted by molar-refractivity contribution is 9.10. The molecule has 2 aromatic rings. The van der Waals surface area contributed by atoms with E-state index in [4.69, 9.17) is 0 Å². The van der Waals surface area contributed by atoms with Gasteiger partial charge in [0, 0.05) is 12.2 Å². The van der Waals surface area contributed by atoms with Gasteiger partial charge in [0.05, 0.1) is 10.2 Å². The number of carbonyl (C=O) groups is 1. The highest BCUT2D eigenvalue weighted by Gasteiger charge is 2.21. The number of hydrogen-bond acceptors (Lipinski definition) is 2. The summed E-state index contributed by atoms with van der Waals surface area (Å²) >= 11 is 3.58. The average Bonchev–Trinajstić information content (AvgIpc) is 2.93. The number of aryl methyl sites for hydroxylation is 2. The molecular formula is C22H32BrN3O. The lowest BCUT2D eigenvalue weighted by Crippen LogP contribution is -2.36. The third kappa shape index (κ3) is 5.34. The maximum atomic E-state index is 13.1. The molecule has 2 heterocycles. The van der Waals surface area contributed by atoms with Crippen LogP contribution in [0.15, 0.2) is 16.7 Å². The maximum Gasteiger partial charge on any atom is 0.270 e. The van der Waals surface area contributed by atoms with Gasteiger partial charge < -0.3 is 5.32 Å². The lowest BCUT2D eigenvalue weighted by Gasteiger charge is -2.20. The molecular weight excluding hydrogens is 402 g/mol. The molecule has 2 aromatic heterocycles. The molecule has 0 spiro atoms. The standard InChI is InChI=1S/C22H32BrN3O/c1-16-14-19(23)21-24-17(2)20(26(21)15-16)22(27)25-18-12-10-8-6-4-3-5-7-9-11-13-18/h14-15,18H,3-13H2,1-2H3,(H,25,27). The molecule has 1 amide bonds. The Bertz CT molecular complexity index is 771. The number of nitrogens with zero attached hydrogens (tertiary/aromatic N) is 2. The van der Waals surface area contributed by atoms with Gasteiger partial charge in [0.1, 0.15) is 5.69 Å². The zero-order valence-corrected chi connectivity index (χ0v) is 18.3. The van der Waals surface area contributed by atoms with Crippen molar-refractivity contribution >= 4 is 27.5 Å². The lowest BCUT2D eigenvalue weighted by atomic mass is 9.98. The van der Waals surface area contributed by atoms with Crippen molar-refractivity contribution in [2.45, 2.75) is 90.5 Å². The Morgan fingerprint density at radius 2 is 1.59 bits per heavy atom. The molecule has 0 bridgehead atoms. The van der Waals surface area contributed by atoms with Gasteiger partial charge in [0.15, 0.2) is 5.65 Å². The molecule has 0 unspecified atom stereocenters. The number of fused-ring (bicyclic) bond motifs is 1. The molecule has 1 N–H and O–H groups in total. The summed E-state index contributed by atoms with van der Waals surface area (Å²) in [5, 5.41) is 3.33. The van der Waals surface area contributed by atoms with Crippen LogP contribution in [0.25, 0.3) is 5.65 Å². The van der Waals surface area contributed by atoms with E-state index in [0.29, 0.717) is 5.69 Å². The van der Waals surface area contributed by atoms with Gasteiger partial charge in [0.2, 0.25) is 0 Å². The van der Waals surface area contributed by atoms with Crippen LogP contribution in [-0.2, 0) is 0 Å². The number of pyridine rings is 1. The van der Waals surface area contributed by atoms with Gasteiger partial charge in [-0.05, 0) is 54.2 Å². The van der Waals surface area contributed by atoms with Crippen LogP contribution in [0, 0.1) is 13.8 Å². The number of imidazole rings is 1. The molecule has 1 aliphatic carbocycles. The number of rotatable bonds is 2. The first-order valence-corrected chi connectivity index (χ1v) is 11.3. The summed E-state index contributed by atoms with van der Waals surface area (Å²) in [6.45, 7) is 3.96. The van der Waals surface area contributed by atoms with Crippen molar-refractivity contribution in [3.05, 3.63) is 33.7 Å². The van der Waals surface area contributed by atoms with E-state index in [1.807, 2.05) is 30.5 Å². The van der Waals surface area contributed by atoms with Crippen molar-refractivity contribution in [2.75, 3.05) is 0 Å². The summed E-state index contributed by atoms with van der Waals surface area (Å²) < 4.78 is 2.86. The van der Waals surface area contributed by atoms with Crippen LogP contribution >= 0.6 is 15.9 Å². The van der Waals surface area contributed by atoms with E-state index < -0.39 is 0 Å². The monoisotopic (exact) mass is 433 g/mol. The van der Waals surface area contributed by atoms with Crippen LogP contribution < -0.4 is 5.32 Å². The Kier molecular flexibility index (Phi) is 7.33. The SMILES string of the molecule is Cc1cc(Br)c2nc(C)c(C(=O)NC3CCCCCCCCCCC3)n2c1. The number of halogens is 1. The summed E-state index contributed by atoms with van der Waals surface area (Å²) in [5.74, 6) is 0.00888. The highest BCUT2D eigenvalue weighted by atomic mass is 79.9. The van der Waals surface area contributed by atoms with Gasteiger partial charge >= 0.3 is 0 Å². The third-order valence-electron chi connectivity index (χ3n) is 5.64. The lowest BCUT2D eigenvalue weighted by molar-refractivity contribution is 0.0924. The zero-order chi connectivity index (χ0) is 19.2. The van der Waals surface area contributed by atoms with Gasteiger partial charge in [-0.15, -0.1) is 0 Å². The number of amides is 1. The number of hydrogen-bond donors (Lipinski definition) is 1. The van der Waals surface area contributed by atoms with Crippen molar-refractivity contribution < 1.29 is 4.79 Å². The normalized spacial score (nSPS) is 18.0. The van der Waals surface area contributed by atoms with E-state index in [2.05, 4.69) is 26.2 Å². The average molecular weight is 434 g/mol. The van der Waals surface area contributed by atoms with Crippen LogP contribution in [0.5, 0.6) is 0 Å². The minimum atomic E-state index is 0.00888. The maximum absolute atomic E-state index is 13.1. The van der Waals surface area contributed by atoms with Crippen LogP contribution in [0.1, 0.15) is 92.4 Å². The third-order valence-corrected chi connectivity index (χ3v) is 6.23. The van der Waals surface area contributed by atoms with Crippen LogP contribution in [0.2, 0.25) is 0 Å². The predicted octanol–water partition coefficient (Wildman–Crippen LogP) is 6.12. The summed E-state index contributed by atoms with van der Waals surface area (Å²) in [7, 11) is 0. The van der Waals surface area contributed by atoms with E-state index in [1.54, 1.807) is 0 Å². The second-order valence-corrected chi connectivity index (χ2v) is 8.89. The summed E-state index contributed by atoms with van der Waals surface area (Å²) in [6.07, 6.45) is 16.0. The van der Waals surface area contributed by atoms with Crippen LogP contribution in [-0.4, -0.2) is 21.3 Å². The van der Waals surface area contributed by atoms with E-state index >= 15 is 0 Å². The molecule has 3 rings (SSSR count). The molecule has 0 saturated heterocycles. The molecule has 0 aliphatic heterocycles. The topological polar surface area (TPSA) is 46.4 Å². The molecule has 1 fully saturated rings. The molecule has 0 radical (unpaired) electrons. The number of carbonyl (C=O) groups excluding carboxylic acids is 1. The zero-order valence-electron chi connectivity index (χ0n) is 16.7. The van der Waals surface area contributed by atoms with Crippen molar-refractivity contribution in [1.82, 2.24) is 14.7 Å². The van der Waals surface area contributed by atoms with Crippen molar-refractivity contribution in [3.63, 3.8) is 0 Å². The Labute approximate surface area is 171 Å². The molecule has 27 heavy (non-hydrogen) atoms. The Hall–Kier alpha value is -1.36. The first-order valence-electron chi connectivity index (χ1n) is 10.5. The van der Waals surface area contributed by atoms with Crippen molar-refractivity contribution in [3.8, 4) is 0 Å². The van der Waals surface area contributed by atoms with Crippen molar-refractivity contribution in [1.29, 1.82) is 0 Å². The largest absolute Gasteiger partial charge is 0.348 e. The Morgan fingerprint density at radius 1 is 1.04 bits per heavy atom. The molecule has 5 heteroatoms. The summed E-state index contributed by atoms with van der Waals surface area (Å²) in [6, 6.07) is 2.31. The number of aromatic nitrogens is 2. The number of nitrogens with one attached hydrogen (secondary N) is 1. The molecule has 0 aromatic carbocycles.